The maximum atomic E-state index is 12.1. The van der Waals surface area contributed by atoms with Crippen LogP contribution in [-0.2, 0) is 10.0 Å². The van der Waals surface area contributed by atoms with Crippen LogP contribution in [0.4, 0.5) is 5.69 Å². The van der Waals surface area contributed by atoms with Crippen molar-refractivity contribution in [3.63, 3.8) is 0 Å². The second kappa shape index (κ2) is 6.01. The van der Waals surface area contributed by atoms with E-state index in [1.54, 1.807) is 12.1 Å². The summed E-state index contributed by atoms with van der Waals surface area (Å²) in [5.74, 6) is 0. The lowest BCUT2D eigenvalue weighted by molar-refractivity contribution is 0.314. The molecular formula is C11H18BrN3O2S. The molecule has 0 spiro atoms. The van der Waals surface area contributed by atoms with E-state index in [1.807, 2.05) is 25.9 Å². The van der Waals surface area contributed by atoms with E-state index in [1.165, 1.54) is 6.07 Å². The minimum atomic E-state index is -3.56. The number of nitrogens with two attached hydrogens (primary N) is 1. The first-order valence-corrected chi connectivity index (χ1v) is 7.73. The van der Waals surface area contributed by atoms with Crippen molar-refractivity contribution >= 4 is 31.6 Å². The van der Waals surface area contributed by atoms with E-state index in [0.717, 1.165) is 4.47 Å². The van der Waals surface area contributed by atoms with Gasteiger partial charge in [-0.1, -0.05) is 15.9 Å². The zero-order valence-electron chi connectivity index (χ0n) is 10.6. The number of hydrogen-bond acceptors (Lipinski definition) is 4. The molecule has 0 radical (unpaired) electrons. The Morgan fingerprint density at radius 2 is 2.06 bits per heavy atom. The van der Waals surface area contributed by atoms with Crippen molar-refractivity contribution < 1.29 is 8.42 Å². The Kier molecular flexibility index (Phi) is 5.15. The molecule has 0 heterocycles. The predicted octanol–water partition coefficient (Wildman–Crippen LogP) is 1.26. The third kappa shape index (κ3) is 3.94. The highest BCUT2D eigenvalue weighted by molar-refractivity contribution is 9.10. The van der Waals surface area contributed by atoms with Crippen LogP contribution >= 0.6 is 15.9 Å². The Labute approximate surface area is 117 Å². The molecule has 1 rings (SSSR count). The number of nitrogens with one attached hydrogen (secondary N) is 1. The number of benzene rings is 1. The molecule has 0 aromatic heterocycles. The largest absolute Gasteiger partial charge is 0.398 e. The number of rotatable bonds is 5. The van der Waals surface area contributed by atoms with Gasteiger partial charge in [-0.05, 0) is 39.2 Å². The summed E-state index contributed by atoms with van der Waals surface area (Å²) in [6.07, 6.45) is 0. The Morgan fingerprint density at radius 3 is 2.56 bits per heavy atom. The molecule has 0 fully saturated rings. The van der Waals surface area contributed by atoms with Crippen LogP contribution in [0.5, 0.6) is 0 Å². The van der Waals surface area contributed by atoms with Crippen molar-refractivity contribution in [2.24, 2.45) is 0 Å². The summed E-state index contributed by atoms with van der Waals surface area (Å²) in [4.78, 5) is 2.05. The summed E-state index contributed by atoms with van der Waals surface area (Å²) < 4.78 is 27.4. The molecule has 0 saturated carbocycles. The Morgan fingerprint density at radius 1 is 1.44 bits per heavy atom. The summed E-state index contributed by atoms with van der Waals surface area (Å²) in [6, 6.07) is 4.82. The van der Waals surface area contributed by atoms with E-state index in [9.17, 15) is 8.42 Å². The van der Waals surface area contributed by atoms with E-state index < -0.39 is 10.0 Å². The lowest BCUT2D eigenvalue weighted by Crippen LogP contribution is -2.38. The summed E-state index contributed by atoms with van der Waals surface area (Å²) in [7, 11) is 0.233. The molecule has 0 aliphatic rings. The normalized spacial score (nSPS) is 13.8. The SMILES string of the molecule is CC(CNS(=O)(=O)c1ccc(Br)cc1N)N(C)C. The van der Waals surface area contributed by atoms with Gasteiger partial charge < -0.3 is 10.6 Å². The first-order chi connectivity index (χ1) is 8.24. The van der Waals surface area contributed by atoms with Crippen LogP contribution in [0, 0.1) is 0 Å². The molecule has 0 aliphatic heterocycles. The highest BCUT2D eigenvalue weighted by Crippen LogP contribution is 2.22. The first-order valence-electron chi connectivity index (χ1n) is 5.45. The molecule has 1 atom stereocenters. The monoisotopic (exact) mass is 335 g/mol. The Bertz CT molecular complexity index is 517. The summed E-state index contributed by atoms with van der Waals surface area (Å²) in [5.41, 5.74) is 5.95. The summed E-state index contributed by atoms with van der Waals surface area (Å²) in [5, 5.41) is 0. The fraction of sp³-hybridized carbons (Fsp3) is 0.455. The zero-order chi connectivity index (χ0) is 13.9. The number of likely N-dealkylation sites (N-methyl/N-ethyl adjacent to an activating group) is 1. The van der Waals surface area contributed by atoms with E-state index in [2.05, 4.69) is 20.7 Å². The Hall–Kier alpha value is -0.630. The van der Waals surface area contributed by atoms with Gasteiger partial charge in [0.25, 0.3) is 0 Å². The van der Waals surface area contributed by atoms with Gasteiger partial charge in [-0.15, -0.1) is 0 Å². The van der Waals surface area contributed by atoms with Crippen molar-refractivity contribution in [2.75, 3.05) is 26.4 Å². The van der Waals surface area contributed by atoms with Crippen molar-refractivity contribution in [1.29, 1.82) is 0 Å². The minimum Gasteiger partial charge on any atom is -0.398 e. The number of halogens is 1. The van der Waals surface area contributed by atoms with Gasteiger partial charge in [-0.25, -0.2) is 13.1 Å². The standard InChI is InChI=1S/C11H18BrN3O2S/c1-8(15(2)3)7-14-18(16,17)11-5-4-9(12)6-10(11)13/h4-6,8,14H,7,13H2,1-3H3. The van der Waals surface area contributed by atoms with E-state index in [-0.39, 0.29) is 16.6 Å². The van der Waals surface area contributed by atoms with Crippen molar-refractivity contribution in [1.82, 2.24) is 9.62 Å². The molecule has 7 heteroatoms. The average molecular weight is 336 g/mol. The number of hydrogen-bond donors (Lipinski definition) is 2. The molecule has 3 N–H and O–H groups in total. The molecule has 0 bridgehead atoms. The molecule has 102 valence electrons. The topological polar surface area (TPSA) is 75.4 Å². The molecule has 0 aliphatic carbocycles. The third-order valence-corrected chi connectivity index (χ3v) is 4.70. The number of anilines is 1. The minimum absolute atomic E-state index is 0.108. The molecule has 1 aromatic rings. The predicted molar refractivity (Wildman–Crippen MR) is 76.9 cm³/mol. The molecular weight excluding hydrogens is 318 g/mol. The zero-order valence-corrected chi connectivity index (χ0v) is 13.0. The maximum absolute atomic E-state index is 12.1. The van der Waals surface area contributed by atoms with Crippen LogP contribution < -0.4 is 10.5 Å². The third-order valence-electron chi connectivity index (χ3n) is 2.71. The maximum Gasteiger partial charge on any atom is 0.242 e. The number of sulfonamides is 1. The highest BCUT2D eigenvalue weighted by atomic mass is 79.9. The summed E-state index contributed by atoms with van der Waals surface area (Å²) >= 11 is 3.24. The first kappa shape index (κ1) is 15.4. The number of nitrogen functional groups attached to an aromatic ring is 1. The van der Waals surface area contributed by atoms with Crippen LogP contribution in [0.3, 0.4) is 0 Å². The van der Waals surface area contributed by atoms with Gasteiger partial charge in [0.2, 0.25) is 10.0 Å². The lowest BCUT2D eigenvalue weighted by Gasteiger charge is -2.20. The average Bonchev–Trinajstić information content (AvgIpc) is 2.25. The van der Waals surface area contributed by atoms with Crippen LogP contribution in [-0.4, -0.2) is 40.0 Å². The fourth-order valence-electron chi connectivity index (χ4n) is 1.25. The molecule has 0 saturated heterocycles. The van der Waals surface area contributed by atoms with Gasteiger partial charge in [0.1, 0.15) is 4.90 Å². The van der Waals surface area contributed by atoms with Gasteiger partial charge >= 0.3 is 0 Å². The van der Waals surface area contributed by atoms with Crippen molar-refractivity contribution in [2.45, 2.75) is 17.9 Å². The summed E-state index contributed by atoms with van der Waals surface area (Å²) in [6.45, 7) is 2.28. The van der Waals surface area contributed by atoms with Crippen LogP contribution in [0.2, 0.25) is 0 Å². The molecule has 1 unspecified atom stereocenters. The number of nitrogens with zero attached hydrogens (tertiary/aromatic N) is 1. The molecule has 5 nitrogen and oxygen atoms in total. The van der Waals surface area contributed by atoms with Gasteiger partial charge in [0, 0.05) is 17.1 Å². The molecule has 0 amide bonds. The van der Waals surface area contributed by atoms with Crippen LogP contribution in [0.25, 0.3) is 0 Å². The quantitative estimate of drug-likeness (QED) is 0.794. The molecule has 18 heavy (non-hydrogen) atoms. The smallest absolute Gasteiger partial charge is 0.242 e. The molecule has 1 aromatic carbocycles. The Balaban J connectivity index is 2.87. The van der Waals surface area contributed by atoms with E-state index in [4.69, 9.17) is 5.73 Å². The van der Waals surface area contributed by atoms with E-state index in [0.29, 0.717) is 6.54 Å². The highest BCUT2D eigenvalue weighted by Gasteiger charge is 2.18. The second-order valence-corrected chi connectivity index (χ2v) is 7.00. The van der Waals surface area contributed by atoms with Gasteiger partial charge in [0.15, 0.2) is 0 Å². The second-order valence-electron chi connectivity index (χ2n) is 4.35. The lowest BCUT2D eigenvalue weighted by atomic mass is 10.3. The van der Waals surface area contributed by atoms with E-state index >= 15 is 0 Å². The van der Waals surface area contributed by atoms with Crippen molar-refractivity contribution in [3.05, 3.63) is 22.7 Å². The van der Waals surface area contributed by atoms with Crippen LogP contribution in [0.15, 0.2) is 27.6 Å². The van der Waals surface area contributed by atoms with Crippen LogP contribution in [0.1, 0.15) is 6.92 Å². The van der Waals surface area contributed by atoms with Crippen molar-refractivity contribution in [3.8, 4) is 0 Å². The fourth-order valence-corrected chi connectivity index (χ4v) is 2.87. The van der Waals surface area contributed by atoms with Gasteiger partial charge in [-0.2, -0.15) is 0 Å². The van der Waals surface area contributed by atoms with Gasteiger partial charge in [0.05, 0.1) is 5.69 Å². The van der Waals surface area contributed by atoms with Gasteiger partial charge in [-0.3, -0.25) is 0 Å².